The van der Waals surface area contributed by atoms with Crippen molar-refractivity contribution in [1.82, 2.24) is 15.2 Å². The van der Waals surface area contributed by atoms with Crippen molar-refractivity contribution in [1.29, 1.82) is 0 Å². The molecule has 7 nitrogen and oxygen atoms in total. The molecule has 2 aromatic heterocycles. The quantitative estimate of drug-likeness (QED) is 0.423. The zero-order chi connectivity index (χ0) is 21.5. The molecule has 9 heteroatoms. The SMILES string of the molecule is O=C(Nc1nncs1)c1ccc(NCc2ccc(OCc3ccccc3F)cc2)nc1. The van der Waals surface area contributed by atoms with Crippen LogP contribution < -0.4 is 15.4 Å². The largest absolute Gasteiger partial charge is 0.489 e. The first-order chi connectivity index (χ1) is 15.2. The summed E-state index contributed by atoms with van der Waals surface area (Å²) in [6.07, 6.45) is 1.50. The number of benzene rings is 2. The number of nitrogens with zero attached hydrogens (tertiary/aromatic N) is 3. The zero-order valence-corrected chi connectivity index (χ0v) is 17.1. The van der Waals surface area contributed by atoms with Crippen LogP contribution in [-0.2, 0) is 13.2 Å². The minimum atomic E-state index is -0.290. The molecule has 1 amide bonds. The summed E-state index contributed by atoms with van der Waals surface area (Å²) in [6.45, 7) is 0.726. The molecule has 0 aliphatic carbocycles. The molecule has 156 valence electrons. The van der Waals surface area contributed by atoms with Crippen LogP contribution in [0.4, 0.5) is 15.3 Å². The van der Waals surface area contributed by atoms with E-state index in [4.69, 9.17) is 4.74 Å². The molecular weight excluding hydrogens is 417 g/mol. The van der Waals surface area contributed by atoms with E-state index in [1.165, 1.54) is 23.6 Å². The second-order valence-electron chi connectivity index (χ2n) is 6.51. The fraction of sp³-hybridized carbons (Fsp3) is 0.0909. The van der Waals surface area contributed by atoms with E-state index in [0.717, 1.165) is 5.56 Å². The monoisotopic (exact) mass is 435 g/mol. The van der Waals surface area contributed by atoms with Gasteiger partial charge in [0.15, 0.2) is 0 Å². The van der Waals surface area contributed by atoms with E-state index in [1.807, 2.05) is 24.3 Å². The van der Waals surface area contributed by atoms with Gasteiger partial charge in [-0.2, -0.15) is 0 Å². The summed E-state index contributed by atoms with van der Waals surface area (Å²) >= 11 is 1.25. The highest BCUT2D eigenvalue weighted by Gasteiger charge is 2.08. The highest BCUT2D eigenvalue weighted by molar-refractivity contribution is 7.13. The Labute approximate surface area is 182 Å². The predicted molar refractivity (Wildman–Crippen MR) is 117 cm³/mol. The Morgan fingerprint density at radius 2 is 1.90 bits per heavy atom. The minimum Gasteiger partial charge on any atom is -0.489 e. The number of amides is 1. The van der Waals surface area contributed by atoms with Crippen molar-refractivity contribution in [2.45, 2.75) is 13.2 Å². The molecule has 2 N–H and O–H groups in total. The van der Waals surface area contributed by atoms with E-state index < -0.39 is 0 Å². The summed E-state index contributed by atoms with van der Waals surface area (Å²) in [5.41, 5.74) is 3.51. The number of carbonyl (C=O) groups is 1. The molecule has 0 bridgehead atoms. The van der Waals surface area contributed by atoms with Gasteiger partial charge in [-0.25, -0.2) is 9.37 Å². The fourth-order valence-corrected chi connectivity index (χ4v) is 3.14. The van der Waals surface area contributed by atoms with E-state index in [2.05, 4.69) is 25.8 Å². The third-order valence-electron chi connectivity index (χ3n) is 4.36. The molecule has 2 aromatic carbocycles. The average Bonchev–Trinajstić information content (AvgIpc) is 3.31. The summed E-state index contributed by atoms with van der Waals surface area (Å²) in [6, 6.07) is 17.5. The van der Waals surface area contributed by atoms with Crippen LogP contribution in [0.3, 0.4) is 0 Å². The first-order valence-electron chi connectivity index (χ1n) is 9.40. The maximum atomic E-state index is 13.7. The molecule has 4 rings (SSSR count). The smallest absolute Gasteiger partial charge is 0.259 e. The van der Waals surface area contributed by atoms with Crippen LogP contribution >= 0.6 is 11.3 Å². The summed E-state index contributed by atoms with van der Waals surface area (Å²) in [4.78, 5) is 16.4. The van der Waals surface area contributed by atoms with E-state index in [0.29, 0.717) is 34.4 Å². The van der Waals surface area contributed by atoms with E-state index in [9.17, 15) is 9.18 Å². The molecule has 0 unspecified atom stereocenters. The number of pyridine rings is 1. The molecule has 0 spiro atoms. The van der Waals surface area contributed by atoms with E-state index >= 15 is 0 Å². The Balaban J connectivity index is 1.27. The zero-order valence-electron chi connectivity index (χ0n) is 16.3. The lowest BCUT2D eigenvalue weighted by Gasteiger charge is -2.09. The molecule has 0 radical (unpaired) electrons. The third-order valence-corrected chi connectivity index (χ3v) is 4.96. The van der Waals surface area contributed by atoms with Crippen molar-refractivity contribution in [2.24, 2.45) is 0 Å². The molecular formula is C22H18FN5O2S. The topological polar surface area (TPSA) is 89.0 Å². The second-order valence-corrected chi connectivity index (χ2v) is 7.34. The van der Waals surface area contributed by atoms with Gasteiger partial charge in [0.25, 0.3) is 5.91 Å². The number of aromatic nitrogens is 3. The van der Waals surface area contributed by atoms with Crippen molar-refractivity contribution >= 4 is 28.2 Å². The second kappa shape index (κ2) is 9.77. The van der Waals surface area contributed by atoms with Crippen LogP contribution in [-0.4, -0.2) is 21.1 Å². The summed E-state index contributed by atoms with van der Waals surface area (Å²) in [7, 11) is 0. The van der Waals surface area contributed by atoms with Crippen molar-refractivity contribution < 1.29 is 13.9 Å². The van der Waals surface area contributed by atoms with Crippen LogP contribution in [0.15, 0.2) is 72.4 Å². The van der Waals surface area contributed by atoms with Gasteiger partial charge in [-0.3, -0.25) is 10.1 Å². The number of carbonyl (C=O) groups excluding carboxylic acids is 1. The van der Waals surface area contributed by atoms with Crippen molar-refractivity contribution in [3.05, 3.63) is 94.9 Å². The fourth-order valence-electron chi connectivity index (χ4n) is 2.70. The average molecular weight is 435 g/mol. The first-order valence-corrected chi connectivity index (χ1v) is 10.3. The van der Waals surface area contributed by atoms with E-state index in [1.54, 1.807) is 35.8 Å². The first kappa shape index (κ1) is 20.4. The Kier molecular flexibility index (Phi) is 6.44. The van der Waals surface area contributed by atoms with Gasteiger partial charge in [-0.15, -0.1) is 10.2 Å². The lowest BCUT2D eigenvalue weighted by Crippen LogP contribution is -2.12. The predicted octanol–water partition coefficient (Wildman–Crippen LogP) is 4.52. The van der Waals surface area contributed by atoms with Crippen molar-refractivity contribution in [3.63, 3.8) is 0 Å². The lowest BCUT2D eigenvalue weighted by molar-refractivity contribution is 0.102. The van der Waals surface area contributed by atoms with Gasteiger partial charge < -0.3 is 10.1 Å². The molecule has 0 saturated carbocycles. The minimum absolute atomic E-state index is 0.174. The van der Waals surface area contributed by atoms with Crippen LogP contribution in [0.5, 0.6) is 5.75 Å². The molecule has 0 atom stereocenters. The molecule has 0 aliphatic rings. The third kappa shape index (κ3) is 5.61. The van der Waals surface area contributed by atoms with Crippen molar-refractivity contribution in [2.75, 3.05) is 10.6 Å². The molecule has 2 heterocycles. The Hall–Kier alpha value is -3.85. The number of hydrogen-bond acceptors (Lipinski definition) is 7. The standard InChI is InChI=1S/C22H18FN5O2S/c23-19-4-2-1-3-17(19)13-30-18-8-5-15(6-9-18)11-24-20-10-7-16(12-25-20)21(29)27-22-28-26-14-31-22/h1-10,12,14H,11,13H2,(H,24,25)(H,27,28,29). The van der Waals surface area contributed by atoms with Gasteiger partial charge in [-0.05, 0) is 35.9 Å². The highest BCUT2D eigenvalue weighted by atomic mass is 32.1. The summed E-state index contributed by atoms with van der Waals surface area (Å²) < 4.78 is 19.3. The summed E-state index contributed by atoms with van der Waals surface area (Å²) in [5.74, 6) is 0.740. The lowest BCUT2D eigenvalue weighted by atomic mass is 10.2. The number of halogens is 1. The van der Waals surface area contributed by atoms with Crippen LogP contribution in [0.1, 0.15) is 21.5 Å². The van der Waals surface area contributed by atoms with Crippen LogP contribution in [0.2, 0.25) is 0 Å². The summed E-state index contributed by atoms with van der Waals surface area (Å²) in [5, 5.41) is 13.8. The van der Waals surface area contributed by atoms with E-state index in [-0.39, 0.29) is 18.3 Å². The molecule has 0 aliphatic heterocycles. The van der Waals surface area contributed by atoms with Gasteiger partial charge in [0, 0.05) is 18.3 Å². The maximum Gasteiger partial charge on any atom is 0.259 e. The Bertz CT molecular complexity index is 1140. The van der Waals surface area contributed by atoms with Gasteiger partial charge in [0.2, 0.25) is 5.13 Å². The van der Waals surface area contributed by atoms with Gasteiger partial charge in [0.05, 0.1) is 5.56 Å². The van der Waals surface area contributed by atoms with Crippen molar-refractivity contribution in [3.8, 4) is 5.75 Å². The molecule has 0 saturated heterocycles. The molecule has 0 fully saturated rings. The number of nitrogens with one attached hydrogen (secondary N) is 2. The number of anilines is 2. The van der Waals surface area contributed by atoms with Gasteiger partial charge in [0.1, 0.15) is 29.5 Å². The van der Waals surface area contributed by atoms with Crippen LogP contribution in [0, 0.1) is 5.82 Å². The molecule has 4 aromatic rings. The van der Waals surface area contributed by atoms with Gasteiger partial charge >= 0.3 is 0 Å². The van der Waals surface area contributed by atoms with Gasteiger partial charge in [-0.1, -0.05) is 41.7 Å². The Morgan fingerprint density at radius 3 is 2.61 bits per heavy atom. The normalized spacial score (nSPS) is 10.5. The number of hydrogen-bond donors (Lipinski definition) is 2. The van der Waals surface area contributed by atoms with Crippen LogP contribution in [0.25, 0.3) is 0 Å². The molecule has 31 heavy (non-hydrogen) atoms. The Morgan fingerprint density at radius 1 is 1.06 bits per heavy atom. The highest BCUT2D eigenvalue weighted by Crippen LogP contribution is 2.17. The number of ether oxygens (including phenoxy) is 1. The maximum absolute atomic E-state index is 13.7. The number of rotatable bonds is 8.